The molecule has 0 unspecified atom stereocenters. The van der Waals surface area contributed by atoms with Gasteiger partial charge >= 0.3 is 0 Å². The molecule has 0 saturated heterocycles. The number of nitrogens with one attached hydrogen (secondary N) is 2. The molecule has 0 radical (unpaired) electrons. The molecular weight excluding hydrogens is 336 g/mol. The lowest BCUT2D eigenvalue weighted by molar-refractivity contribution is -0.139. The van der Waals surface area contributed by atoms with Crippen molar-refractivity contribution in [3.8, 4) is 5.75 Å². The fraction of sp³-hybridized carbons (Fsp3) is 0.368. The zero-order chi connectivity index (χ0) is 19.3. The van der Waals surface area contributed by atoms with Gasteiger partial charge in [0.25, 0.3) is 0 Å². The monoisotopic (exact) mass is 360 g/mol. The minimum atomic E-state index is -1.17. The number of aromatic hydroxyl groups is 1. The van der Waals surface area contributed by atoms with E-state index in [1.807, 2.05) is 0 Å². The van der Waals surface area contributed by atoms with E-state index < -0.39 is 23.5 Å². The Labute approximate surface area is 152 Å². The first-order valence-corrected chi connectivity index (χ1v) is 8.30. The van der Waals surface area contributed by atoms with Crippen LogP contribution in [0.25, 0.3) is 0 Å². The molecule has 2 aromatic rings. The van der Waals surface area contributed by atoms with Crippen molar-refractivity contribution in [2.75, 3.05) is 0 Å². The number of furan rings is 1. The maximum absolute atomic E-state index is 12.6. The van der Waals surface area contributed by atoms with Crippen molar-refractivity contribution in [1.29, 1.82) is 0 Å². The fourth-order valence-electron chi connectivity index (χ4n) is 2.39. The highest BCUT2D eigenvalue weighted by Crippen LogP contribution is 2.34. The molecule has 2 amide bonds. The first-order valence-electron chi connectivity index (χ1n) is 8.30. The maximum atomic E-state index is 12.6. The van der Waals surface area contributed by atoms with Gasteiger partial charge in [0.15, 0.2) is 0 Å². The maximum Gasteiger partial charge on any atom is 0.242 e. The molecule has 2 atom stereocenters. The lowest BCUT2D eigenvalue weighted by Gasteiger charge is -2.30. The zero-order valence-corrected chi connectivity index (χ0v) is 15.0. The number of aliphatic hydroxyl groups excluding tert-OH is 1. The largest absolute Gasteiger partial charge is 0.508 e. The minimum absolute atomic E-state index is 0.0741. The summed E-state index contributed by atoms with van der Waals surface area (Å²) in [7, 11) is 0. The molecular formula is C19H24N2O5. The van der Waals surface area contributed by atoms with E-state index in [1.54, 1.807) is 45.0 Å². The molecule has 1 heterocycles. The molecule has 1 aromatic carbocycles. The smallest absolute Gasteiger partial charge is 0.242 e. The molecule has 7 heteroatoms. The van der Waals surface area contributed by atoms with Gasteiger partial charge in [0, 0.05) is 0 Å². The quantitative estimate of drug-likeness (QED) is 0.602. The van der Waals surface area contributed by atoms with Gasteiger partial charge in [-0.2, -0.15) is 0 Å². The lowest BCUT2D eigenvalue weighted by Crippen LogP contribution is -2.50. The molecule has 2 rings (SSSR count). The van der Waals surface area contributed by atoms with Crippen molar-refractivity contribution in [3.63, 3.8) is 0 Å². The van der Waals surface area contributed by atoms with Gasteiger partial charge < -0.3 is 25.3 Å². The Morgan fingerprint density at radius 1 is 1.19 bits per heavy atom. The van der Waals surface area contributed by atoms with Gasteiger partial charge in [-0.1, -0.05) is 12.1 Å². The SMILES string of the molecule is C[C@@H](NC(=O)C(C)(C)[C@@H](O)c1ccc(O)cc1)C(=O)NCc1ccco1. The van der Waals surface area contributed by atoms with Gasteiger partial charge in [0.1, 0.15) is 17.6 Å². The second-order valence-corrected chi connectivity index (χ2v) is 6.71. The predicted octanol–water partition coefficient (Wildman–Crippen LogP) is 1.87. The number of aliphatic hydroxyl groups is 1. The van der Waals surface area contributed by atoms with Crippen molar-refractivity contribution >= 4 is 11.8 Å². The van der Waals surface area contributed by atoms with Gasteiger partial charge in [-0.15, -0.1) is 0 Å². The summed E-state index contributed by atoms with van der Waals surface area (Å²) in [6, 6.07) is 8.67. The summed E-state index contributed by atoms with van der Waals surface area (Å²) < 4.78 is 5.13. The van der Waals surface area contributed by atoms with Gasteiger partial charge in [-0.3, -0.25) is 9.59 Å². The van der Waals surface area contributed by atoms with E-state index in [0.29, 0.717) is 11.3 Å². The summed E-state index contributed by atoms with van der Waals surface area (Å²) in [6.45, 7) is 4.98. The van der Waals surface area contributed by atoms with Crippen molar-refractivity contribution in [2.24, 2.45) is 5.41 Å². The summed E-state index contributed by atoms with van der Waals surface area (Å²) in [4.78, 5) is 24.7. The summed E-state index contributed by atoms with van der Waals surface area (Å²) in [5.41, 5.74) is -0.676. The van der Waals surface area contributed by atoms with Crippen LogP contribution in [0.2, 0.25) is 0 Å². The first-order chi connectivity index (χ1) is 12.2. The van der Waals surface area contributed by atoms with Crippen LogP contribution in [0.1, 0.15) is 38.2 Å². The molecule has 0 saturated carbocycles. The number of phenols is 1. The molecule has 0 aliphatic heterocycles. The van der Waals surface area contributed by atoms with Crippen LogP contribution in [0.5, 0.6) is 5.75 Å². The number of amides is 2. The second kappa shape index (κ2) is 8.05. The number of carbonyl (C=O) groups is 2. The Morgan fingerprint density at radius 2 is 1.85 bits per heavy atom. The van der Waals surface area contributed by atoms with Gasteiger partial charge in [-0.05, 0) is 50.6 Å². The van der Waals surface area contributed by atoms with Crippen molar-refractivity contribution in [2.45, 2.75) is 39.5 Å². The third-order valence-corrected chi connectivity index (χ3v) is 4.24. The molecule has 1 aromatic heterocycles. The van der Waals surface area contributed by atoms with E-state index in [0.717, 1.165) is 0 Å². The van der Waals surface area contributed by atoms with Crippen LogP contribution in [-0.4, -0.2) is 28.1 Å². The van der Waals surface area contributed by atoms with Crippen LogP contribution in [0.15, 0.2) is 47.1 Å². The van der Waals surface area contributed by atoms with E-state index >= 15 is 0 Å². The molecule has 0 fully saturated rings. The highest BCUT2D eigenvalue weighted by Gasteiger charge is 2.37. The lowest BCUT2D eigenvalue weighted by atomic mass is 9.81. The summed E-state index contributed by atoms with van der Waals surface area (Å²) in [5.74, 6) is -0.131. The van der Waals surface area contributed by atoms with Crippen molar-refractivity contribution < 1.29 is 24.2 Å². The van der Waals surface area contributed by atoms with E-state index in [4.69, 9.17) is 4.42 Å². The normalized spacial score (nSPS) is 13.7. The van der Waals surface area contributed by atoms with Gasteiger partial charge in [0.2, 0.25) is 11.8 Å². The molecule has 0 aliphatic carbocycles. The third kappa shape index (κ3) is 4.64. The standard InChI is InChI=1S/C19H24N2O5/c1-12(17(24)20-11-15-5-4-10-26-15)21-18(25)19(2,3)16(23)13-6-8-14(22)9-7-13/h4-10,12,16,22-23H,11H2,1-3H3,(H,20,24)(H,21,25)/t12-,16+/m1/s1. The van der Waals surface area contributed by atoms with Crippen molar-refractivity contribution in [3.05, 3.63) is 54.0 Å². The average Bonchev–Trinajstić information content (AvgIpc) is 3.13. The molecule has 0 spiro atoms. The molecule has 0 aliphatic rings. The van der Waals surface area contributed by atoms with Crippen LogP contribution in [0.4, 0.5) is 0 Å². The van der Waals surface area contributed by atoms with Crippen molar-refractivity contribution in [1.82, 2.24) is 10.6 Å². The van der Waals surface area contributed by atoms with Gasteiger partial charge in [-0.25, -0.2) is 0 Å². The highest BCUT2D eigenvalue weighted by atomic mass is 16.3. The van der Waals surface area contributed by atoms with E-state index in [2.05, 4.69) is 10.6 Å². The summed E-state index contributed by atoms with van der Waals surface area (Å²) >= 11 is 0. The average molecular weight is 360 g/mol. The molecule has 140 valence electrons. The third-order valence-electron chi connectivity index (χ3n) is 4.24. The summed E-state index contributed by atoms with van der Waals surface area (Å²) in [5, 5.41) is 25.2. The molecule has 4 N–H and O–H groups in total. The zero-order valence-electron chi connectivity index (χ0n) is 15.0. The van der Waals surface area contributed by atoms with E-state index in [9.17, 15) is 19.8 Å². The molecule has 0 bridgehead atoms. The number of phenolic OH excluding ortho intramolecular Hbond substituents is 1. The Hall–Kier alpha value is -2.80. The summed E-state index contributed by atoms with van der Waals surface area (Å²) in [6.07, 6.45) is 0.418. The Kier molecular flexibility index (Phi) is 6.05. The number of benzene rings is 1. The Balaban J connectivity index is 1.95. The highest BCUT2D eigenvalue weighted by molar-refractivity contribution is 5.89. The van der Waals surface area contributed by atoms with Crippen LogP contribution < -0.4 is 10.6 Å². The second-order valence-electron chi connectivity index (χ2n) is 6.71. The number of rotatable bonds is 7. The van der Waals surface area contributed by atoms with Crippen LogP contribution in [0.3, 0.4) is 0 Å². The first kappa shape index (κ1) is 19.5. The fourth-order valence-corrected chi connectivity index (χ4v) is 2.39. The topological polar surface area (TPSA) is 112 Å². The van der Waals surface area contributed by atoms with Gasteiger partial charge in [0.05, 0.1) is 24.3 Å². The minimum Gasteiger partial charge on any atom is -0.508 e. The van der Waals surface area contributed by atoms with Crippen LogP contribution >= 0.6 is 0 Å². The van der Waals surface area contributed by atoms with E-state index in [-0.39, 0.29) is 18.2 Å². The number of hydrogen-bond acceptors (Lipinski definition) is 5. The Morgan fingerprint density at radius 3 is 2.42 bits per heavy atom. The number of carbonyl (C=O) groups excluding carboxylic acids is 2. The molecule has 7 nitrogen and oxygen atoms in total. The van der Waals surface area contributed by atoms with E-state index in [1.165, 1.54) is 18.4 Å². The van der Waals surface area contributed by atoms with Crippen LogP contribution in [-0.2, 0) is 16.1 Å². The molecule has 26 heavy (non-hydrogen) atoms. The number of hydrogen-bond donors (Lipinski definition) is 4. The Bertz CT molecular complexity index is 738. The predicted molar refractivity (Wildman–Crippen MR) is 95.0 cm³/mol. The van der Waals surface area contributed by atoms with Crippen LogP contribution in [0, 0.1) is 5.41 Å².